The molecular weight excluding hydrogens is 317 g/mol. The molecule has 1 aromatic carbocycles. The van der Waals surface area contributed by atoms with E-state index in [0.717, 1.165) is 39.0 Å². The fourth-order valence-corrected chi connectivity index (χ4v) is 3.82. The van der Waals surface area contributed by atoms with Crippen molar-refractivity contribution in [3.63, 3.8) is 0 Å². The first-order chi connectivity index (χ1) is 11.1. The van der Waals surface area contributed by atoms with Gasteiger partial charge in [-0.15, -0.1) is 0 Å². The van der Waals surface area contributed by atoms with Crippen molar-refractivity contribution in [2.45, 2.75) is 31.8 Å². The van der Waals surface area contributed by atoms with Crippen molar-refractivity contribution in [3.05, 3.63) is 34.6 Å². The predicted octanol–water partition coefficient (Wildman–Crippen LogP) is 2.44. The number of piperazine rings is 1. The fourth-order valence-electron chi connectivity index (χ4n) is 3.55. The second-order valence-electron chi connectivity index (χ2n) is 6.36. The number of halogens is 2. The predicted molar refractivity (Wildman–Crippen MR) is 89.0 cm³/mol. The first kappa shape index (κ1) is 16.7. The number of hydrogen-bond acceptors (Lipinski definition) is 3. The summed E-state index contributed by atoms with van der Waals surface area (Å²) in [5, 5.41) is 3.64. The molecule has 0 spiro atoms. The lowest BCUT2D eigenvalue weighted by molar-refractivity contribution is -0.137. The monoisotopic (exact) mass is 339 g/mol. The third kappa shape index (κ3) is 3.37. The van der Waals surface area contributed by atoms with E-state index >= 15 is 0 Å². The number of likely N-dealkylation sites (tertiary alicyclic amines) is 1. The highest BCUT2D eigenvalue weighted by atomic mass is 35.5. The lowest BCUT2D eigenvalue weighted by Gasteiger charge is -2.40. The first-order valence-electron chi connectivity index (χ1n) is 8.28. The molecule has 0 saturated carbocycles. The van der Waals surface area contributed by atoms with Crippen LogP contribution < -0.4 is 5.32 Å². The summed E-state index contributed by atoms with van der Waals surface area (Å²) >= 11 is 6.29. The molecule has 1 N–H and O–H groups in total. The normalized spacial score (nSPS) is 24.0. The van der Waals surface area contributed by atoms with Crippen LogP contribution in [0.1, 0.15) is 31.4 Å². The summed E-state index contributed by atoms with van der Waals surface area (Å²) in [6, 6.07) is 4.14. The minimum atomic E-state index is -0.640. The maximum absolute atomic E-state index is 14.5. The Hall–Kier alpha value is -1.17. The zero-order chi connectivity index (χ0) is 16.4. The summed E-state index contributed by atoms with van der Waals surface area (Å²) in [6.07, 6.45) is 2.03. The zero-order valence-electron chi connectivity index (χ0n) is 13.4. The van der Waals surface area contributed by atoms with E-state index in [1.54, 1.807) is 12.1 Å². The molecule has 2 aliphatic rings. The van der Waals surface area contributed by atoms with Crippen molar-refractivity contribution in [3.8, 4) is 0 Å². The fraction of sp³-hybridized carbons (Fsp3) is 0.588. The van der Waals surface area contributed by atoms with Crippen LogP contribution in [0.4, 0.5) is 4.39 Å². The smallest absolute Gasteiger partial charge is 0.244 e. The van der Waals surface area contributed by atoms with Crippen molar-refractivity contribution >= 4 is 17.5 Å². The van der Waals surface area contributed by atoms with Gasteiger partial charge in [0.1, 0.15) is 11.9 Å². The summed E-state index contributed by atoms with van der Waals surface area (Å²) < 4.78 is 14.5. The Balaban J connectivity index is 2.00. The Labute approximate surface area is 141 Å². The van der Waals surface area contributed by atoms with Gasteiger partial charge in [0.15, 0.2) is 0 Å². The van der Waals surface area contributed by atoms with Gasteiger partial charge < -0.3 is 10.2 Å². The third-order valence-corrected chi connectivity index (χ3v) is 5.14. The Morgan fingerprint density at radius 1 is 1.35 bits per heavy atom. The third-order valence-electron chi connectivity index (χ3n) is 4.81. The summed E-state index contributed by atoms with van der Waals surface area (Å²) in [5.41, 5.74) is 0.319. The second-order valence-corrected chi connectivity index (χ2v) is 6.77. The molecule has 2 aliphatic heterocycles. The molecule has 23 heavy (non-hydrogen) atoms. The van der Waals surface area contributed by atoms with Crippen molar-refractivity contribution < 1.29 is 9.18 Å². The van der Waals surface area contributed by atoms with Gasteiger partial charge in [-0.25, -0.2) is 4.39 Å². The summed E-state index contributed by atoms with van der Waals surface area (Å²) in [6.45, 7) is 5.85. The molecule has 2 atom stereocenters. The number of nitrogens with zero attached hydrogens (tertiary/aromatic N) is 2. The molecule has 1 amide bonds. The highest BCUT2D eigenvalue weighted by molar-refractivity contribution is 6.31. The highest BCUT2D eigenvalue weighted by Gasteiger charge is 2.38. The van der Waals surface area contributed by atoms with E-state index in [1.165, 1.54) is 6.07 Å². The summed E-state index contributed by atoms with van der Waals surface area (Å²) in [5.74, 6) is -0.427. The standard InChI is InChI=1S/C17H23ClFN3O/c1-12-11-20-7-10-22(12)16(17(23)21-8-2-3-9-21)15-13(18)5-4-6-14(15)19/h4-6,12,16,20H,2-3,7-11H2,1H3. The van der Waals surface area contributed by atoms with Gasteiger partial charge in [0.05, 0.1) is 0 Å². The molecule has 1 aromatic rings. The van der Waals surface area contributed by atoms with E-state index in [9.17, 15) is 9.18 Å². The zero-order valence-corrected chi connectivity index (χ0v) is 14.2. The van der Waals surface area contributed by atoms with Crippen LogP contribution in [-0.2, 0) is 4.79 Å². The number of carbonyl (C=O) groups is 1. The van der Waals surface area contributed by atoms with E-state index in [0.29, 0.717) is 17.1 Å². The average molecular weight is 340 g/mol. The van der Waals surface area contributed by atoms with Crippen molar-refractivity contribution in [2.75, 3.05) is 32.7 Å². The molecule has 2 saturated heterocycles. The average Bonchev–Trinajstić information content (AvgIpc) is 3.06. The molecule has 0 bridgehead atoms. The molecule has 2 heterocycles. The Bertz CT molecular complexity index is 557. The Kier molecular flexibility index (Phi) is 5.19. The van der Waals surface area contributed by atoms with Gasteiger partial charge in [0.2, 0.25) is 5.91 Å². The van der Waals surface area contributed by atoms with E-state index in [4.69, 9.17) is 11.6 Å². The maximum Gasteiger partial charge on any atom is 0.244 e. The molecule has 126 valence electrons. The molecule has 6 heteroatoms. The SMILES string of the molecule is CC1CNCCN1C(C(=O)N1CCCC1)c1c(F)cccc1Cl. The highest BCUT2D eigenvalue weighted by Crippen LogP contribution is 2.34. The maximum atomic E-state index is 14.5. The van der Waals surface area contributed by atoms with Crippen LogP contribution >= 0.6 is 11.6 Å². The van der Waals surface area contributed by atoms with Crippen LogP contribution in [0, 0.1) is 5.82 Å². The topological polar surface area (TPSA) is 35.6 Å². The molecule has 4 nitrogen and oxygen atoms in total. The van der Waals surface area contributed by atoms with Crippen LogP contribution in [0.5, 0.6) is 0 Å². The molecular formula is C17H23ClFN3O. The number of rotatable bonds is 3. The van der Waals surface area contributed by atoms with Gasteiger partial charge in [-0.05, 0) is 31.9 Å². The lowest BCUT2D eigenvalue weighted by atomic mass is 10.00. The molecule has 2 fully saturated rings. The molecule has 2 unspecified atom stereocenters. The van der Waals surface area contributed by atoms with Crippen LogP contribution in [0.3, 0.4) is 0 Å². The van der Waals surface area contributed by atoms with Gasteiger partial charge >= 0.3 is 0 Å². The Morgan fingerprint density at radius 3 is 2.74 bits per heavy atom. The number of amides is 1. The minimum absolute atomic E-state index is 0.0248. The van der Waals surface area contributed by atoms with E-state index in [-0.39, 0.29) is 11.9 Å². The number of carbonyl (C=O) groups excluding carboxylic acids is 1. The van der Waals surface area contributed by atoms with Crippen LogP contribution in [-0.4, -0.2) is 54.5 Å². The molecule has 3 rings (SSSR count). The number of benzene rings is 1. The first-order valence-corrected chi connectivity index (χ1v) is 8.66. The van der Waals surface area contributed by atoms with Crippen molar-refractivity contribution in [1.29, 1.82) is 0 Å². The molecule has 0 aliphatic carbocycles. The quantitative estimate of drug-likeness (QED) is 0.918. The van der Waals surface area contributed by atoms with Gasteiger partial charge in [-0.2, -0.15) is 0 Å². The van der Waals surface area contributed by atoms with E-state index in [2.05, 4.69) is 17.1 Å². The summed E-state index contributed by atoms with van der Waals surface area (Å²) in [7, 11) is 0. The summed E-state index contributed by atoms with van der Waals surface area (Å²) in [4.78, 5) is 17.1. The number of hydrogen-bond donors (Lipinski definition) is 1. The molecule has 0 radical (unpaired) electrons. The van der Waals surface area contributed by atoms with Gasteiger partial charge in [0.25, 0.3) is 0 Å². The van der Waals surface area contributed by atoms with Gasteiger partial charge in [0, 0.05) is 49.4 Å². The van der Waals surface area contributed by atoms with E-state index < -0.39 is 11.9 Å². The van der Waals surface area contributed by atoms with Gasteiger partial charge in [-0.3, -0.25) is 9.69 Å². The second kappa shape index (κ2) is 7.16. The van der Waals surface area contributed by atoms with Crippen molar-refractivity contribution in [1.82, 2.24) is 15.1 Å². The van der Waals surface area contributed by atoms with Crippen LogP contribution in [0.2, 0.25) is 5.02 Å². The van der Waals surface area contributed by atoms with Gasteiger partial charge in [-0.1, -0.05) is 17.7 Å². The largest absolute Gasteiger partial charge is 0.341 e. The van der Waals surface area contributed by atoms with Crippen molar-refractivity contribution in [2.24, 2.45) is 0 Å². The minimum Gasteiger partial charge on any atom is -0.341 e. The Morgan fingerprint density at radius 2 is 2.09 bits per heavy atom. The van der Waals surface area contributed by atoms with Crippen LogP contribution in [0.25, 0.3) is 0 Å². The number of nitrogens with one attached hydrogen (secondary N) is 1. The van der Waals surface area contributed by atoms with E-state index in [1.807, 2.05) is 4.90 Å². The lowest BCUT2D eigenvalue weighted by Crippen LogP contribution is -2.54. The molecule has 0 aromatic heterocycles. The van der Waals surface area contributed by atoms with Crippen LogP contribution in [0.15, 0.2) is 18.2 Å².